The summed E-state index contributed by atoms with van der Waals surface area (Å²) in [5.41, 5.74) is 2.58. The van der Waals surface area contributed by atoms with Crippen molar-refractivity contribution < 1.29 is 4.74 Å². The molecule has 3 rings (SSSR count). The summed E-state index contributed by atoms with van der Waals surface area (Å²) in [7, 11) is 0. The average Bonchev–Trinajstić information content (AvgIpc) is 2.86. The van der Waals surface area contributed by atoms with E-state index < -0.39 is 0 Å². The highest BCUT2D eigenvalue weighted by Gasteiger charge is 2.18. The topological polar surface area (TPSA) is 50.8 Å². The molecule has 5 heteroatoms. The van der Waals surface area contributed by atoms with Crippen molar-refractivity contribution in [1.29, 1.82) is 5.26 Å². The molecular weight excluding hydrogens is 286 g/mol. The molecule has 1 unspecified atom stereocenters. The van der Waals surface area contributed by atoms with Gasteiger partial charge in [-0.2, -0.15) is 5.26 Å². The number of ether oxygens (including phenoxy) is 1. The van der Waals surface area contributed by atoms with E-state index in [1.54, 1.807) is 6.07 Å². The number of benzene rings is 1. The molecule has 0 spiro atoms. The maximum Gasteiger partial charge on any atom is 0.111 e. The zero-order valence-corrected chi connectivity index (χ0v) is 12.6. The second-order valence-corrected chi connectivity index (χ2v) is 5.76. The SMILES string of the molecule is N#Cc1ccc2nc(CCCl)n(CC3CCCCO3)c2c1. The van der Waals surface area contributed by atoms with Gasteiger partial charge >= 0.3 is 0 Å². The zero-order chi connectivity index (χ0) is 14.7. The van der Waals surface area contributed by atoms with E-state index >= 15 is 0 Å². The summed E-state index contributed by atoms with van der Waals surface area (Å²) in [6.07, 6.45) is 4.40. The number of fused-ring (bicyclic) bond motifs is 1. The van der Waals surface area contributed by atoms with E-state index in [1.807, 2.05) is 12.1 Å². The fourth-order valence-electron chi connectivity index (χ4n) is 2.88. The van der Waals surface area contributed by atoms with Crippen molar-refractivity contribution in [3.8, 4) is 6.07 Å². The Morgan fingerprint density at radius 1 is 1.43 bits per heavy atom. The lowest BCUT2D eigenvalue weighted by Crippen LogP contribution is -2.25. The zero-order valence-electron chi connectivity index (χ0n) is 11.9. The van der Waals surface area contributed by atoms with Crippen molar-refractivity contribution in [2.75, 3.05) is 12.5 Å². The van der Waals surface area contributed by atoms with Gasteiger partial charge in [-0.1, -0.05) is 0 Å². The van der Waals surface area contributed by atoms with Gasteiger partial charge < -0.3 is 9.30 Å². The Kier molecular flexibility index (Phi) is 4.42. The van der Waals surface area contributed by atoms with Gasteiger partial charge in [-0.3, -0.25) is 0 Å². The molecule has 0 radical (unpaired) electrons. The Balaban J connectivity index is 1.99. The van der Waals surface area contributed by atoms with Crippen LogP contribution in [0.25, 0.3) is 11.0 Å². The molecule has 1 saturated heterocycles. The van der Waals surface area contributed by atoms with Gasteiger partial charge in [0.15, 0.2) is 0 Å². The minimum atomic E-state index is 0.232. The molecule has 0 saturated carbocycles. The fraction of sp³-hybridized carbons (Fsp3) is 0.500. The van der Waals surface area contributed by atoms with Crippen LogP contribution in [0, 0.1) is 11.3 Å². The Morgan fingerprint density at radius 2 is 2.33 bits per heavy atom. The number of alkyl halides is 1. The maximum absolute atomic E-state index is 9.09. The van der Waals surface area contributed by atoms with Crippen molar-refractivity contribution >= 4 is 22.6 Å². The smallest absolute Gasteiger partial charge is 0.111 e. The minimum Gasteiger partial charge on any atom is -0.376 e. The van der Waals surface area contributed by atoms with Crippen LogP contribution in [0.15, 0.2) is 18.2 Å². The predicted octanol–water partition coefficient (Wildman–Crippen LogP) is 3.26. The van der Waals surface area contributed by atoms with E-state index in [4.69, 9.17) is 21.6 Å². The number of hydrogen-bond donors (Lipinski definition) is 0. The average molecular weight is 304 g/mol. The van der Waals surface area contributed by atoms with E-state index in [0.717, 1.165) is 49.3 Å². The third-order valence-corrected chi connectivity index (χ3v) is 4.12. The monoisotopic (exact) mass is 303 g/mol. The Labute approximate surface area is 129 Å². The normalized spacial score (nSPS) is 18.8. The van der Waals surface area contributed by atoms with Crippen LogP contribution in [-0.4, -0.2) is 28.1 Å². The first-order valence-electron chi connectivity index (χ1n) is 7.38. The summed E-state index contributed by atoms with van der Waals surface area (Å²) in [6.45, 7) is 1.63. The summed E-state index contributed by atoms with van der Waals surface area (Å²) < 4.78 is 8.02. The molecule has 1 aromatic carbocycles. The molecule has 0 bridgehead atoms. The summed E-state index contributed by atoms with van der Waals surface area (Å²) in [4.78, 5) is 4.66. The van der Waals surface area contributed by atoms with E-state index in [0.29, 0.717) is 11.4 Å². The highest BCUT2D eigenvalue weighted by atomic mass is 35.5. The van der Waals surface area contributed by atoms with E-state index in [1.165, 1.54) is 6.42 Å². The van der Waals surface area contributed by atoms with Crippen LogP contribution in [0.5, 0.6) is 0 Å². The van der Waals surface area contributed by atoms with Gasteiger partial charge in [0.1, 0.15) is 5.82 Å². The van der Waals surface area contributed by atoms with Crippen molar-refractivity contribution in [2.24, 2.45) is 0 Å². The standard InChI is InChI=1S/C16H18ClN3O/c17-7-6-16-19-14-5-4-12(10-18)9-15(14)20(16)11-13-3-1-2-8-21-13/h4-5,9,13H,1-3,6-8,11H2. The fourth-order valence-corrected chi connectivity index (χ4v) is 3.05. The lowest BCUT2D eigenvalue weighted by atomic mass is 10.1. The Bertz CT molecular complexity index is 668. The Hall–Kier alpha value is -1.57. The molecule has 21 heavy (non-hydrogen) atoms. The molecule has 110 valence electrons. The largest absolute Gasteiger partial charge is 0.376 e. The molecule has 4 nitrogen and oxygen atoms in total. The first-order chi connectivity index (χ1) is 10.3. The third-order valence-electron chi connectivity index (χ3n) is 3.93. The van der Waals surface area contributed by atoms with Crippen LogP contribution >= 0.6 is 11.6 Å². The number of aryl methyl sites for hydroxylation is 1. The van der Waals surface area contributed by atoms with Gasteiger partial charge in [0, 0.05) is 18.9 Å². The van der Waals surface area contributed by atoms with Gasteiger partial charge in [-0.15, -0.1) is 11.6 Å². The number of hydrogen-bond acceptors (Lipinski definition) is 3. The van der Waals surface area contributed by atoms with Crippen LogP contribution in [0.4, 0.5) is 0 Å². The van der Waals surface area contributed by atoms with Crippen LogP contribution in [-0.2, 0) is 17.7 Å². The van der Waals surface area contributed by atoms with Crippen molar-refractivity contribution in [2.45, 2.75) is 38.3 Å². The third kappa shape index (κ3) is 3.04. The second-order valence-electron chi connectivity index (χ2n) is 5.38. The van der Waals surface area contributed by atoms with Gasteiger partial charge in [0.2, 0.25) is 0 Å². The number of aromatic nitrogens is 2. The van der Waals surface area contributed by atoms with Crippen molar-refractivity contribution in [3.05, 3.63) is 29.6 Å². The molecule has 0 N–H and O–H groups in total. The summed E-state index contributed by atoms with van der Waals surface area (Å²) >= 11 is 5.90. The molecule has 1 aromatic heterocycles. The molecular formula is C16H18ClN3O. The summed E-state index contributed by atoms with van der Waals surface area (Å²) in [6, 6.07) is 7.81. The van der Waals surface area contributed by atoms with E-state index in [9.17, 15) is 0 Å². The Morgan fingerprint density at radius 3 is 3.05 bits per heavy atom. The van der Waals surface area contributed by atoms with Crippen LogP contribution in [0.2, 0.25) is 0 Å². The molecule has 2 aromatic rings. The minimum absolute atomic E-state index is 0.232. The van der Waals surface area contributed by atoms with E-state index in [2.05, 4.69) is 15.6 Å². The molecule has 1 aliphatic heterocycles. The van der Waals surface area contributed by atoms with Gasteiger partial charge in [-0.25, -0.2) is 4.98 Å². The lowest BCUT2D eigenvalue weighted by Gasteiger charge is -2.24. The second kappa shape index (κ2) is 6.46. The predicted molar refractivity (Wildman–Crippen MR) is 82.5 cm³/mol. The van der Waals surface area contributed by atoms with Crippen LogP contribution in [0.1, 0.15) is 30.7 Å². The molecule has 0 aliphatic carbocycles. The summed E-state index contributed by atoms with van der Waals surface area (Å²) in [5, 5.41) is 9.09. The maximum atomic E-state index is 9.09. The number of rotatable bonds is 4. The number of nitrogens with zero attached hydrogens (tertiary/aromatic N) is 3. The number of imidazole rings is 1. The summed E-state index contributed by atoms with van der Waals surface area (Å²) in [5.74, 6) is 1.52. The lowest BCUT2D eigenvalue weighted by molar-refractivity contribution is 0.00621. The highest BCUT2D eigenvalue weighted by molar-refractivity contribution is 6.17. The quantitative estimate of drug-likeness (QED) is 0.815. The highest BCUT2D eigenvalue weighted by Crippen LogP contribution is 2.22. The van der Waals surface area contributed by atoms with E-state index in [-0.39, 0.29) is 6.10 Å². The van der Waals surface area contributed by atoms with Gasteiger partial charge in [0.25, 0.3) is 0 Å². The van der Waals surface area contributed by atoms with Crippen LogP contribution in [0.3, 0.4) is 0 Å². The molecule has 2 heterocycles. The number of nitriles is 1. The molecule has 1 aliphatic rings. The van der Waals surface area contributed by atoms with Crippen LogP contribution < -0.4 is 0 Å². The molecule has 1 atom stereocenters. The first-order valence-corrected chi connectivity index (χ1v) is 7.92. The first kappa shape index (κ1) is 14.4. The van der Waals surface area contributed by atoms with Crippen molar-refractivity contribution in [3.63, 3.8) is 0 Å². The number of halogens is 1. The molecule has 0 amide bonds. The van der Waals surface area contributed by atoms with Gasteiger partial charge in [0.05, 0.1) is 35.3 Å². The van der Waals surface area contributed by atoms with Crippen molar-refractivity contribution in [1.82, 2.24) is 9.55 Å². The van der Waals surface area contributed by atoms with Gasteiger partial charge in [-0.05, 0) is 37.5 Å². The molecule has 1 fully saturated rings.